The van der Waals surface area contributed by atoms with E-state index in [0.717, 1.165) is 9.30 Å². The summed E-state index contributed by atoms with van der Waals surface area (Å²) in [5.41, 5.74) is 1.66. The van der Waals surface area contributed by atoms with E-state index in [1.165, 1.54) is 21.8 Å². The molecule has 3 heterocycles. The molecular formula is C17H15BrN4O3S2. The molecule has 3 aromatic rings. The van der Waals surface area contributed by atoms with Crippen LogP contribution in [0.5, 0.6) is 0 Å². The van der Waals surface area contributed by atoms with E-state index in [4.69, 9.17) is 0 Å². The molecule has 0 saturated carbocycles. The number of aromatic nitrogens is 2. The Bertz CT molecular complexity index is 1110. The summed E-state index contributed by atoms with van der Waals surface area (Å²) in [4.78, 5) is 23.0. The molecule has 140 valence electrons. The fourth-order valence-corrected chi connectivity index (χ4v) is 6.50. The van der Waals surface area contributed by atoms with E-state index in [-0.39, 0.29) is 24.7 Å². The summed E-state index contributed by atoms with van der Waals surface area (Å²) in [7, 11) is -3.53. The number of piperazine rings is 1. The van der Waals surface area contributed by atoms with E-state index < -0.39 is 10.0 Å². The maximum absolute atomic E-state index is 12.7. The maximum atomic E-state index is 12.7. The zero-order valence-electron chi connectivity index (χ0n) is 14.1. The summed E-state index contributed by atoms with van der Waals surface area (Å²) in [5.74, 6) is -0.232. The van der Waals surface area contributed by atoms with Crippen LogP contribution in [-0.4, -0.2) is 59.7 Å². The third-order valence-electron chi connectivity index (χ3n) is 4.34. The second-order valence-electron chi connectivity index (χ2n) is 6.00. The molecule has 7 nitrogen and oxygen atoms in total. The van der Waals surface area contributed by atoms with Gasteiger partial charge in [-0.15, -0.1) is 11.3 Å². The lowest BCUT2D eigenvalue weighted by Crippen LogP contribution is -2.50. The molecule has 0 bridgehead atoms. The first-order valence-electron chi connectivity index (χ1n) is 8.22. The number of rotatable bonds is 3. The third-order valence-corrected chi connectivity index (χ3v) is 8.33. The zero-order valence-corrected chi connectivity index (χ0v) is 17.3. The number of amides is 1. The van der Waals surface area contributed by atoms with Crippen LogP contribution < -0.4 is 0 Å². The summed E-state index contributed by atoms with van der Waals surface area (Å²) in [5, 5.41) is 0. The number of fused-ring (bicyclic) bond motifs is 1. The second-order valence-corrected chi connectivity index (χ2v) is 10.6. The smallest absolute Gasteiger partial charge is 0.274 e. The minimum absolute atomic E-state index is 0.232. The lowest BCUT2D eigenvalue weighted by atomic mass is 10.2. The molecule has 1 aliphatic rings. The quantitative estimate of drug-likeness (QED) is 0.592. The Morgan fingerprint density at radius 3 is 2.41 bits per heavy atom. The van der Waals surface area contributed by atoms with E-state index in [1.807, 2.05) is 24.3 Å². The second kappa shape index (κ2) is 7.27. The Hall–Kier alpha value is -1.88. The Morgan fingerprint density at radius 2 is 1.74 bits per heavy atom. The predicted octanol–water partition coefficient (Wildman–Crippen LogP) is 2.60. The number of hydrogen-bond acceptors (Lipinski definition) is 6. The molecular weight excluding hydrogens is 452 g/mol. The first-order chi connectivity index (χ1) is 12.9. The highest BCUT2D eigenvalue weighted by Crippen LogP contribution is 2.29. The van der Waals surface area contributed by atoms with Gasteiger partial charge in [-0.05, 0) is 40.2 Å². The van der Waals surface area contributed by atoms with Gasteiger partial charge in [-0.2, -0.15) is 4.31 Å². The first-order valence-corrected chi connectivity index (χ1v) is 11.3. The van der Waals surface area contributed by atoms with Crippen LogP contribution in [-0.2, 0) is 10.0 Å². The lowest BCUT2D eigenvalue weighted by molar-refractivity contribution is 0.0692. The van der Waals surface area contributed by atoms with Crippen molar-refractivity contribution in [3.05, 3.63) is 52.1 Å². The predicted molar refractivity (Wildman–Crippen MR) is 106 cm³/mol. The van der Waals surface area contributed by atoms with Gasteiger partial charge in [0.15, 0.2) is 0 Å². The van der Waals surface area contributed by atoms with Crippen molar-refractivity contribution in [2.75, 3.05) is 26.2 Å². The highest BCUT2D eigenvalue weighted by atomic mass is 79.9. The average molecular weight is 467 g/mol. The SMILES string of the molecule is O=C(c1cnc2ccccc2n1)N1CCN(S(=O)(=O)c2ccc(Br)s2)CC1. The highest BCUT2D eigenvalue weighted by Gasteiger charge is 2.31. The minimum Gasteiger partial charge on any atom is -0.335 e. The average Bonchev–Trinajstić information content (AvgIpc) is 3.14. The molecule has 0 radical (unpaired) electrons. The number of carbonyl (C=O) groups is 1. The maximum Gasteiger partial charge on any atom is 0.274 e. The van der Waals surface area contributed by atoms with E-state index >= 15 is 0 Å². The van der Waals surface area contributed by atoms with E-state index in [1.54, 1.807) is 17.0 Å². The third kappa shape index (κ3) is 3.62. The number of benzene rings is 1. The van der Waals surface area contributed by atoms with Gasteiger partial charge in [0.25, 0.3) is 15.9 Å². The van der Waals surface area contributed by atoms with Gasteiger partial charge in [-0.1, -0.05) is 12.1 Å². The van der Waals surface area contributed by atoms with Crippen LogP contribution in [0.3, 0.4) is 0 Å². The van der Waals surface area contributed by atoms with Gasteiger partial charge in [-0.25, -0.2) is 13.4 Å². The molecule has 27 heavy (non-hydrogen) atoms. The molecule has 4 rings (SSSR count). The van der Waals surface area contributed by atoms with Crippen molar-refractivity contribution < 1.29 is 13.2 Å². The van der Waals surface area contributed by atoms with Gasteiger partial charge in [0.05, 0.1) is 21.0 Å². The molecule has 1 fully saturated rings. The van der Waals surface area contributed by atoms with Crippen LogP contribution in [0.2, 0.25) is 0 Å². The molecule has 10 heteroatoms. The van der Waals surface area contributed by atoms with E-state index in [0.29, 0.717) is 22.8 Å². The molecule has 1 aliphatic heterocycles. The van der Waals surface area contributed by atoms with Crippen LogP contribution >= 0.6 is 27.3 Å². The van der Waals surface area contributed by atoms with Crippen molar-refractivity contribution in [1.29, 1.82) is 0 Å². The van der Waals surface area contributed by atoms with Crippen LogP contribution in [0.25, 0.3) is 11.0 Å². The molecule has 0 N–H and O–H groups in total. The number of sulfonamides is 1. The Morgan fingerprint density at radius 1 is 1.04 bits per heavy atom. The number of halogens is 1. The topological polar surface area (TPSA) is 83.5 Å². The van der Waals surface area contributed by atoms with E-state index in [9.17, 15) is 13.2 Å². The molecule has 0 spiro atoms. The van der Waals surface area contributed by atoms with Crippen LogP contribution in [0.4, 0.5) is 0 Å². The fourth-order valence-electron chi connectivity index (χ4n) is 2.92. The van der Waals surface area contributed by atoms with Crippen molar-refractivity contribution in [3.8, 4) is 0 Å². The number of para-hydroxylation sites is 2. The lowest BCUT2D eigenvalue weighted by Gasteiger charge is -2.33. The summed E-state index contributed by atoms with van der Waals surface area (Å²) < 4.78 is 27.9. The molecule has 1 aromatic carbocycles. The van der Waals surface area contributed by atoms with Gasteiger partial charge in [0.2, 0.25) is 0 Å². The van der Waals surface area contributed by atoms with E-state index in [2.05, 4.69) is 25.9 Å². The van der Waals surface area contributed by atoms with Crippen molar-refractivity contribution >= 4 is 54.2 Å². The number of carbonyl (C=O) groups excluding carboxylic acids is 1. The van der Waals surface area contributed by atoms with Crippen molar-refractivity contribution in [3.63, 3.8) is 0 Å². The molecule has 0 atom stereocenters. The standard InChI is InChI=1S/C17H15BrN4O3S2/c18-15-5-6-16(26-15)27(24,25)22-9-7-21(8-10-22)17(23)14-11-19-12-3-1-2-4-13(12)20-14/h1-6,11H,7-10H2. The van der Waals surface area contributed by atoms with Gasteiger partial charge < -0.3 is 4.90 Å². The Balaban J connectivity index is 1.47. The molecule has 1 amide bonds. The largest absolute Gasteiger partial charge is 0.335 e. The zero-order chi connectivity index (χ0) is 19.0. The number of nitrogens with zero attached hydrogens (tertiary/aromatic N) is 4. The normalized spacial score (nSPS) is 16.0. The van der Waals surface area contributed by atoms with Crippen molar-refractivity contribution in [2.45, 2.75) is 4.21 Å². The van der Waals surface area contributed by atoms with Gasteiger partial charge in [0, 0.05) is 26.2 Å². The summed E-state index contributed by atoms with van der Waals surface area (Å²) in [6.07, 6.45) is 1.47. The van der Waals surface area contributed by atoms with Crippen molar-refractivity contribution in [1.82, 2.24) is 19.2 Å². The van der Waals surface area contributed by atoms with Crippen LogP contribution in [0.15, 0.2) is 50.6 Å². The number of hydrogen-bond donors (Lipinski definition) is 0. The summed E-state index contributed by atoms with van der Waals surface area (Å²) in [6.45, 7) is 1.15. The number of thiophene rings is 1. The molecule has 0 aliphatic carbocycles. The minimum atomic E-state index is -3.53. The summed E-state index contributed by atoms with van der Waals surface area (Å²) in [6, 6.07) is 10.7. The van der Waals surface area contributed by atoms with Crippen LogP contribution in [0.1, 0.15) is 10.5 Å². The van der Waals surface area contributed by atoms with Gasteiger partial charge >= 0.3 is 0 Å². The van der Waals surface area contributed by atoms with Gasteiger partial charge in [0.1, 0.15) is 9.90 Å². The molecule has 2 aromatic heterocycles. The Kier molecular flexibility index (Phi) is 4.97. The highest BCUT2D eigenvalue weighted by molar-refractivity contribution is 9.11. The molecule has 0 unspecified atom stereocenters. The monoisotopic (exact) mass is 466 g/mol. The van der Waals surface area contributed by atoms with Crippen LogP contribution in [0, 0.1) is 0 Å². The van der Waals surface area contributed by atoms with Crippen molar-refractivity contribution in [2.24, 2.45) is 0 Å². The fraction of sp³-hybridized carbons (Fsp3) is 0.235. The summed E-state index contributed by atoms with van der Waals surface area (Å²) >= 11 is 4.47. The Labute approximate surface area is 168 Å². The first kappa shape index (κ1) is 18.5. The van der Waals surface area contributed by atoms with Gasteiger partial charge in [-0.3, -0.25) is 9.78 Å². The molecule has 1 saturated heterocycles.